The number of rotatable bonds is 2. The van der Waals surface area contributed by atoms with E-state index in [-0.39, 0.29) is 5.41 Å². The standard InChI is InChI=1S/C13H19NO/c1-13(2,3)10-4-6-11(7-5-10)15-12-8-14-9-12/h4-7,12,14H,8-9H2,1-3H3. The molecule has 1 aliphatic heterocycles. The third kappa shape index (κ3) is 2.51. The molecule has 82 valence electrons. The number of benzene rings is 1. The molecule has 2 heteroatoms. The van der Waals surface area contributed by atoms with E-state index >= 15 is 0 Å². The Balaban J connectivity index is 2.03. The Kier molecular flexibility index (Phi) is 2.70. The van der Waals surface area contributed by atoms with Gasteiger partial charge in [-0.2, -0.15) is 0 Å². The van der Waals surface area contributed by atoms with Crippen molar-refractivity contribution in [1.29, 1.82) is 0 Å². The summed E-state index contributed by atoms with van der Waals surface area (Å²) in [6.45, 7) is 8.61. The SMILES string of the molecule is CC(C)(C)c1ccc(OC2CNC2)cc1. The van der Waals surface area contributed by atoms with Crippen molar-refractivity contribution in [2.45, 2.75) is 32.3 Å². The molecular formula is C13H19NO. The molecule has 1 heterocycles. The molecule has 1 saturated heterocycles. The number of nitrogens with one attached hydrogen (secondary N) is 1. The fourth-order valence-electron chi connectivity index (χ4n) is 1.57. The van der Waals surface area contributed by atoms with Crippen molar-refractivity contribution in [3.05, 3.63) is 29.8 Å². The fraction of sp³-hybridized carbons (Fsp3) is 0.538. The third-order valence-corrected chi connectivity index (χ3v) is 2.77. The summed E-state index contributed by atoms with van der Waals surface area (Å²) in [6, 6.07) is 8.45. The van der Waals surface area contributed by atoms with Crippen LogP contribution in [0.5, 0.6) is 5.75 Å². The van der Waals surface area contributed by atoms with E-state index in [4.69, 9.17) is 4.74 Å². The van der Waals surface area contributed by atoms with Crippen LogP contribution in [0.15, 0.2) is 24.3 Å². The zero-order chi connectivity index (χ0) is 10.9. The summed E-state index contributed by atoms with van der Waals surface area (Å²) in [5.41, 5.74) is 1.57. The summed E-state index contributed by atoms with van der Waals surface area (Å²) >= 11 is 0. The second kappa shape index (κ2) is 3.86. The Bertz CT molecular complexity index is 319. The smallest absolute Gasteiger partial charge is 0.123 e. The lowest BCUT2D eigenvalue weighted by Crippen LogP contribution is -2.50. The van der Waals surface area contributed by atoms with Gasteiger partial charge >= 0.3 is 0 Å². The molecule has 1 aromatic carbocycles. The van der Waals surface area contributed by atoms with Gasteiger partial charge in [0, 0.05) is 13.1 Å². The molecule has 0 radical (unpaired) electrons. The van der Waals surface area contributed by atoms with Crippen molar-refractivity contribution in [1.82, 2.24) is 5.32 Å². The number of ether oxygens (including phenoxy) is 1. The summed E-state index contributed by atoms with van der Waals surface area (Å²) < 4.78 is 5.76. The maximum atomic E-state index is 5.76. The van der Waals surface area contributed by atoms with Gasteiger partial charge in [0.2, 0.25) is 0 Å². The molecular weight excluding hydrogens is 186 g/mol. The molecule has 1 aromatic rings. The maximum absolute atomic E-state index is 5.76. The predicted molar refractivity (Wildman–Crippen MR) is 62.4 cm³/mol. The highest BCUT2D eigenvalue weighted by molar-refractivity contribution is 5.31. The molecule has 2 rings (SSSR count). The minimum absolute atomic E-state index is 0.219. The highest BCUT2D eigenvalue weighted by atomic mass is 16.5. The summed E-state index contributed by atoms with van der Waals surface area (Å²) in [4.78, 5) is 0. The lowest BCUT2D eigenvalue weighted by atomic mass is 9.87. The molecule has 0 saturated carbocycles. The van der Waals surface area contributed by atoms with Gasteiger partial charge in [0.05, 0.1) is 0 Å². The van der Waals surface area contributed by atoms with Crippen LogP contribution in [0.2, 0.25) is 0 Å². The van der Waals surface area contributed by atoms with Gasteiger partial charge in [0.15, 0.2) is 0 Å². The van der Waals surface area contributed by atoms with Crippen molar-refractivity contribution < 1.29 is 4.74 Å². The Hall–Kier alpha value is -1.02. The van der Waals surface area contributed by atoms with Crippen LogP contribution >= 0.6 is 0 Å². The molecule has 2 nitrogen and oxygen atoms in total. The highest BCUT2D eigenvalue weighted by Crippen LogP contribution is 2.24. The first kappa shape index (κ1) is 10.5. The van der Waals surface area contributed by atoms with E-state index in [9.17, 15) is 0 Å². The van der Waals surface area contributed by atoms with Gasteiger partial charge in [-0.3, -0.25) is 0 Å². The van der Waals surface area contributed by atoms with E-state index in [0.717, 1.165) is 18.8 Å². The molecule has 0 spiro atoms. The van der Waals surface area contributed by atoms with Crippen molar-refractivity contribution >= 4 is 0 Å². The van der Waals surface area contributed by atoms with Gasteiger partial charge in [-0.25, -0.2) is 0 Å². The summed E-state index contributed by atoms with van der Waals surface area (Å²) in [6.07, 6.45) is 0.366. The van der Waals surface area contributed by atoms with Crippen LogP contribution in [-0.4, -0.2) is 19.2 Å². The van der Waals surface area contributed by atoms with Crippen molar-refractivity contribution in [2.24, 2.45) is 0 Å². The highest BCUT2D eigenvalue weighted by Gasteiger charge is 2.18. The zero-order valence-electron chi connectivity index (χ0n) is 9.71. The molecule has 0 aromatic heterocycles. The number of hydrogen-bond acceptors (Lipinski definition) is 2. The van der Waals surface area contributed by atoms with E-state index < -0.39 is 0 Å². The van der Waals surface area contributed by atoms with Crippen molar-refractivity contribution in [2.75, 3.05) is 13.1 Å². The Morgan fingerprint density at radius 1 is 1.13 bits per heavy atom. The van der Waals surface area contributed by atoms with Gasteiger partial charge in [0.1, 0.15) is 11.9 Å². The minimum Gasteiger partial charge on any atom is -0.488 e. The van der Waals surface area contributed by atoms with E-state index in [1.165, 1.54) is 5.56 Å². The summed E-state index contributed by atoms with van der Waals surface area (Å²) in [7, 11) is 0. The lowest BCUT2D eigenvalue weighted by molar-refractivity contribution is 0.142. The lowest BCUT2D eigenvalue weighted by Gasteiger charge is -2.28. The van der Waals surface area contributed by atoms with Crippen molar-refractivity contribution in [3.63, 3.8) is 0 Å². The Morgan fingerprint density at radius 2 is 1.73 bits per heavy atom. The third-order valence-electron chi connectivity index (χ3n) is 2.77. The van der Waals surface area contributed by atoms with E-state index in [2.05, 4.69) is 50.4 Å². The maximum Gasteiger partial charge on any atom is 0.123 e. The monoisotopic (exact) mass is 205 g/mol. The fourth-order valence-corrected chi connectivity index (χ4v) is 1.57. The Morgan fingerprint density at radius 3 is 2.13 bits per heavy atom. The van der Waals surface area contributed by atoms with Gasteiger partial charge in [0.25, 0.3) is 0 Å². The minimum atomic E-state index is 0.219. The normalized spacial score (nSPS) is 17.3. The topological polar surface area (TPSA) is 21.3 Å². The van der Waals surface area contributed by atoms with Gasteiger partial charge in [-0.1, -0.05) is 32.9 Å². The Labute approximate surface area is 91.6 Å². The van der Waals surface area contributed by atoms with Crippen LogP contribution in [0.1, 0.15) is 26.3 Å². The summed E-state index contributed by atoms with van der Waals surface area (Å²) in [5, 5.41) is 3.19. The van der Waals surface area contributed by atoms with E-state index in [0.29, 0.717) is 6.10 Å². The molecule has 1 fully saturated rings. The van der Waals surface area contributed by atoms with Gasteiger partial charge in [-0.15, -0.1) is 0 Å². The van der Waals surface area contributed by atoms with Crippen LogP contribution in [0.25, 0.3) is 0 Å². The zero-order valence-corrected chi connectivity index (χ0v) is 9.71. The quantitative estimate of drug-likeness (QED) is 0.800. The van der Waals surface area contributed by atoms with Gasteiger partial charge < -0.3 is 10.1 Å². The molecule has 0 bridgehead atoms. The molecule has 15 heavy (non-hydrogen) atoms. The van der Waals surface area contributed by atoms with E-state index in [1.54, 1.807) is 0 Å². The second-order valence-corrected chi connectivity index (χ2v) is 5.17. The average Bonchev–Trinajstić information content (AvgIpc) is 2.11. The van der Waals surface area contributed by atoms with Crippen LogP contribution < -0.4 is 10.1 Å². The molecule has 1 aliphatic rings. The van der Waals surface area contributed by atoms with Gasteiger partial charge in [-0.05, 0) is 23.1 Å². The molecule has 0 unspecified atom stereocenters. The molecule has 0 aliphatic carbocycles. The first-order valence-electron chi connectivity index (χ1n) is 5.53. The van der Waals surface area contributed by atoms with Crippen LogP contribution in [0, 0.1) is 0 Å². The predicted octanol–water partition coefficient (Wildman–Crippen LogP) is 2.33. The number of hydrogen-bond donors (Lipinski definition) is 1. The molecule has 0 atom stereocenters. The first-order valence-corrected chi connectivity index (χ1v) is 5.53. The molecule has 0 amide bonds. The van der Waals surface area contributed by atoms with Crippen LogP contribution in [-0.2, 0) is 5.41 Å². The molecule has 1 N–H and O–H groups in total. The average molecular weight is 205 g/mol. The largest absolute Gasteiger partial charge is 0.488 e. The van der Waals surface area contributed by atoms with Crippen LogP contribution in [0.4, 0.5) is 0 Å². The van der Waals surface area contributed by atoms with E-state index in [1.807, 2.05) is 0 Å². The van der Waals surface area contributed by atoms with Crippen LogP contribution in [0.3, 0.4) is 0 Å². The van der Waals surface area contributed by atoms with Crippen molar-refractivity contribution in [3.8, 4) is 5.75 Å². The summed E-state index contributed by atoms with van der Waals surface area (Å²) in [5.74, 6) is 0.981. The second-order valence-electron chi connectivity index (χ2n) is 5.17. The first-order chi connectivity index (χ1) is 7.05.